The van der Waals surface area contributed by atoms with Crippen LogP contribution in [0.25, 0.3) is 0 Å². The second-order valence-electron chi connectivity index (χ2n) is 4.46. The highest BCUT2D eigenvalue weighted by molar-refractivity contribution is 4.78. The van der Waals surface area contributed by atoms with Crippen LogP contribution in [-0.2, 0) is 0 Å². The number of rotatable bonds is 2. The first-order chi connectivity index (χ1) is 6.92. The number of nitrogens with zero attached hydrogens (tertiary/aromatic N) is 1. The van der Waals surface area contributed by atoms with Crippen LogP contribution in [0.15, 0.2) is 0 Å². The van der Waals surface area contributed by atoms with Crippen molar-refractivity contribution in [1.82, 2.24) is 4.90 Å². The van der Waals surface area contributed by atoms with Crippen molar-refractivity contribution in [3.8, 4) is 0 Å². The Kier molecular flexibility index (Phi) is 4.40. The summed E-state index contributed by atoms with van der Waals surface area (Å²) in [6.45, 7) is 1.97. The molecule has 0 aromatic rings. The van der Waals surface area contributed by atoms with Crippen molar-refractivity contribution in [2.75, 3.05) is 26.7 Å². The summed E-state index contributed by atoms with van der Waals surface area (Å²) in [5.41, 5.74) is 5.54. The molecule has 0 radical (unpaired) electrons. The molecule has 1 heterocycles. The van der Waals surface area contributed by atoms with E-state index in [1.54, 1.807) is 0 Å². The van der Waals surface area contributed by atoms with Crippen LogP contribution >= 0.6 is 0 Å². The number of hydrogen-bond acceptors (Lipinski definition) is 2. The van der Waals surface area contributed by atoms with Crippen LogP contribution in [0, 0.1) is 11.8 Å². The Morgan fingerprint density at radius 3 is 2.20 bits per heavy atom. The summed E-state index contributed by atoms with van der Waals surface area (Å²) >= 11 is 0. The molecule has 0 aromatic heterocycles. The van der Waals surface area contributed by atoms with Gasteiger partial charge in [0.05, 0.1) is 0 Å². The second-order valence-corrected chi connectivity index (χ2v) is 4.46. The SMILES string of the molecule is CN1CCC(CN)C(CC(F)(F)F)CC1. The van der Waals surface area contributed by atoms with E-state index < -0.39 is 12.6 Å². The number of nitrogens with two attached hydrogens (primary N) is 1. The van der Waals surface area contributed by atoms with Gasteiger partial charge in [-0.2, -0.15) is 13.2 Å². The van der Waals surface area contributed by atoms with Gasteiger partial charge in [-0.3, -0.25) is 0 Å². The Labute approximate surface area is 88.6 Å². The van der Waals surface area contributed by atoms with E-state index in [1.165, 1.54) is 0 Å². The van der Waals surface area contributed by atoms with E-state index in [4.69, 9.17) is 5.73 Å². The highest BCUT2D eigenvalue weighted by atomic mass is 19.4. The Balaban J connectivity index is 2.57. The zero-order valence-electron chi connectivity index (χ0n) is 9.06. The number of hydrogen-bond donors (Lipinski definition) is 1. The summed E-state index contributed by atoms with van der Waals surface area (Å²) in [7, 11) is 1.95. The minimum atomic E-state index is -4.05. The highest BCUT2D eigenvalue weighted by Gasteiger charge is 2.36. The van der Waals surface area contributed by atoms with Crippen LogP contribution in [0.5, 0.6) is 0 Å². The molecule has 0 aliphatic carbocycles. The van der Waals surface area contributed by atoms with Crippen LogP contribution in [0.2, 0.25) is 0 Å². The molecule has 1 rings (SSSR count). The van der Waals surface area contributed by atoms with E-state index in [0.29, 0.717) is 13.0 Å². The van der Waals surface area contributed by atoms with Crippen molar-refractivity contribution >= 4 is 0 Å². The lowest BCUT2D eigenvalue weighted by molar-refractivity contribution is -0.148. The third-order valence-electron chi connectivity index (χ3n) is 3.23. The summed E-state index contributed by atoms with van der Waals surface area (Å²) < 4.78 is 37.0. The minimum Gasteiger partial charge on any atom is -0.330 e. The number of halogens is 3. The molecular weight excluding hydrogens is 205 g/mol. The van der Waals surface area contributed by atoms with Gasteiger partial charge in [0.15, 0.2) is 0 Å². The largest absolute Gasteiger partial charge is 0.389 e. The maximum atomic E-state index is 12.3. The topological polar surface area (TPSA) is 29.3 Å². The molecule has 0 bridgehead atoms. The van der Waals surface area contributed by atoms with Crippen LogP contribution < -0.4 is 5.73 Å². The molecule has 15 heavy (non-hydrogen) atoms. The van der Waals surface area contributed by atoms with Gasteiger partial charge < -0.3 is 10.6 Å². The Morgan fingerprint density at radius 2 is 1.73 bits per heavy atom. The molecule has 0 aromatic carbocycles. The summed E-state index contributed by atoms with van der Waals surface area (Å²) in [5.74, 6) is -0.267. The zero-order valence-corrected chi connectivity index (χ0v) is 9.06. The first kappa shape index (κ1) is 12.8. The van der Waals surface area contributed by atoms with Gasteiger partial charge in [0.1, 0.15) is 0 Å². The maximum absolute atomic E-state index is 12.3. The van der Waals surface area contributed by atoms with E-state index in [1.807, 2.05) is 7.05 Å². The molecule has 1 saturated heterocycles. The third-order valence-corrected chi connectivity index (χ3v) is 3.23. The van der Waals surface area contributed by atoms with Crippen LogP contribution in [0.3, 0.4) is 0 Å². The van der Waals surface area contributed by atoms with E-state index in [9.17, 15) is 13.2 Å². The highest BCUT2D eigenvalue weighted by Crippen LogP contribution is 2.33. The fourth-order valence-electron chi connectivity index (χ4n) is 2.23. The first-order valence-electron chi connectivity index (χ1n) is 5.37. The van der Waals surface area contributed by atoms with Crippen LogP contribution in [-0.4, -0.2) is 37.8 Å². The normalized spacial score (nSPS) is 30.2. The molecule has 0 amide bonds. The van der Waals surface area contributed by atoms with Crippen LogP contribution in [0.1, 0.15) is 19.3 Å². The van der Waals surface area contributed by atoms with Gasteiger partial charge in [-0.15, -0.1) is 0 Å². The molecule has 2 atom stereocenters. The van der Waals surface area contributed by atoms with Gasteiger partial charge in [0.2, 0.25) is 0 Å². The predicted molar refractivity (Wildman–Crippen MR) is 53.4 cm³/mol. The van der Waals surface area contributed by atoms with Gasteiger partial charge in [-0.05, 0) is 51.4 Å². The predicted octanol–water partition coefficient (Wildman–Crippen LogP) is 1.86. The minimum absolute atomic E-state index is 0.0246. The van der Waals surface area contributed by atoms with Gasteiger partial charge in [0.25, 0.3) is 0 Å². The van der Waals surface area contributed by atoms with E-state index in [2.05, 4.69) is 4.90 Å². The summed E-state index contributed by atoms with van der Waals surface area (Å²) in [6.07, 6.45) is -3.34. The lowest BCUT2D eigenvalue weighted by Crippen LogP contribution is -2.27. The maximum Gasteiger partial charge on any atom is 0.389 e. The van der Waals surface area contributed by atoms with Crippen molar-refractivity contribution < 1.29 is 13.2 Å². The average molecular weight is 224 g/mol. The van der Waals surface area contributed by atoms with Crippen molar-refractivity contribution in [3.05, 3.63) is 0 Å². The van der Waals surface area contributed by atoms with Crippen molar-refractivity contribution in [2.24, 2.45) is 17.6 Å². The molecule has 2 unspecified atom stereocenters. The molecule has 2 N–H and O–H groups in total. The van der Waals surface area contributed by atoms with E-state index in [-0.39, 0.29) is 11.8 Å². The monoisotopic (exact) mass is 224 g/mol. The number of alkyl halides is 3. The number of likely N-dealkylation sites (tertiary alicyclic amines) is 1. The van der Waals surface area contributed by atoms with Crippen LogP contribution in [0.4, 0.5) is 13.2 Å². The molecule has 1 fully saturated rings. The lowest BCUT2D eigenvalue weighted by atomic mass is 9.85. The quantitative estimate of drug-likeness (QED) is 0.775. The van der Waals surface area contributed by atoms with E-state index in [0.717, 1.165) is 19.5 Å². The van der Waals surface area contributed by atoms with Crippen molar-refractivity contribution in [2.45, 2.75) is 25.4 Å². The van der Waals surface area contributed by atoms with Crippen molar-refractivity contribution in [3.63, 3.8) is 0 Å². The molecule has 2 nitrogen and oxygen atoms in total. The molecule has 0 saturated carbocycles. The Hall–Kier alpha value is -0.290. The molecular formula is C10H19F3N2. The van der Waals surface area contributed by atoms with Crippen molar-refractivity contribution in [1.29, 1.82) is 0 Å². The molecule has 1 aliphatic heterocycles. The first-order valence-corrected chi connectivity index (χ1v) is 5.37. The fraction of sp³-hybridized carbons (Fsp3) is 1.00. The smallest absolute Gasteiger partial charge is 0.330 e. The molecule has 5 heteroatoms. The zero-order chi connectivity index (χ0) is 11.5. The summed E-state index contributed by atoms with van der Waals surface area (Å²) in [4.78, 5) is 2.08. The van der Waals surface area contributed by atoms with Gasteiger partial charge in [-0.1, -0.05) is 0 Å². The standard InChI is InChI=1S/C10H19F3N2/c1-15-4-2-8(6-10(11,12)13)9(7-14)3-5-15/h8-9H,2-7,14H2,1H3. The third kappa shape index (κ3) is 4.38. The van der Waals surface area contributed by atoms with Gasteiger partial charge in [0, 0.05) is 6.42 Å². The summed E-state index contributed by atoms with van der Waals surface area (Å²) in [5, 5.41) is 0. The second kappa shape index (κ2) is 5.16. The fourth-order valence-corrected chi connectivity index (χ4v) is 2.23. The molecule has 90 valence electrons. The Bertz CT molecular complexity index is 194. The average Bonchev–Trinajstić information content (AvgIpc) is 2.27. The van der Waals surface area contributed by atoms with Gasteiger partial charge in [-0.25, -0.2) is 0 Å². The molecule has 1 aliphatic rings. The Morgan fingerprint density at radius 1 is 1.20 bits per heavy atom. The lowest BCUT2D eigenvalue weighted by Gasteiger charge is -2.24. The van der Waals surface area contributed by atoms with E-state index >= 15 is 0 Å². The summed E-state index contributed by atoms with van der Waals surface area (Å²) in [6, 6.07) is 0. The molecule has 0 spiro atoms. The van der Waals surface area contributed by atoms with Gasteiger partial charge >= 0.3 is 6.18 Å².